The van der Waals surface area contributed by atoms with Crippen molar-refractivity contribution in [2.45, 2.75) is 30.9 Å². The molecule has 0 aromatic heterocycles. The third-order valence-corrected chi connectivity index (χ3v) is 6.69. The van der Waals surface area contributed by atoms with Crippen LogP contribution in [-0.2, 0) is 4.74 Å². The van der Waals surface area contributed by atoms with Gasteiger partial charge in [0.1, 0.15) is 0 Å². The number of rotatable bonds is 1. The first-order valence-electron chi connectivity index (χ1n) is 7.51. The molecule has 0 aromatic rings. The molecule has 4 aliphatic heterocycles. The molecule has 4 heterocycles. The number of fused-ring (bicyclic) bond motifs is 1. The van der Waals surface area contributed by atoms with Crippen molar-refractivity contribution in [2.75, 3.05) is 44.3 Å². The van der Waals surface area contributed by atoms with Crippen LogP contribution in [0.2, 0.25) is 0 Å². The Kier molecular flexibility index (Phi) is 3.10. The van der Waals surface area contributed by atoms with Gasteiger partial charge in [0.05, 0.1) is 5.60 Å². The Morgan fingerprint density at radius 1 is 1.22 bits per heavy atom. The molecule has 4 unspecified atom stereocenters. The normalized spacial score (nSPS) is 49.0. The lowest BCUT2D eigenvalue weighted by Crippen LogP contribution is -2.48. The predicted molar refractivity (Wildman–Crippen MR) is 75.1 cm³/mol. The molecular weight excluding hydrogens is 244 g/mol. The molecule has 0 bridgehead atoms. The van der Waals surface area contributed by atoms with Crippen LogP contribution in [0.3, 0.4) is 0 Å². The van der Waals surface area contributed by atoms with E-state index in [2.05, 4.69) is 22.0 Å². The van der Waals surface area contributed by atoms with E-state index >= 15 is 0 Å². The monoisotopic (exact) mass is 268 g/mol. The standard InChI is InChI=1S/C14H24N2OS/c1-3-17-14(2-4-18-10-14)5-13(1)16-8-11-6-15-7-12(11)9-16/h11-13,15H,1-10H2. The van der Waals surface area contributed by atoms with E-state index in [4.69, 9.17) is 4.74 Å². The number of hydrogen-bond donors (Lipinski definition) is 1. The van der Waals surface area contributed by atoms with Gasteiger partial charge in [-0.15, -0.1) is 0 Å². The summed E-state index contributed by atoms with van der Waals surface area (Å²) in [6.45, 7) is 6.18. The number of thioether (sulfide) groups is 1. The molecule has 4 heteroatoms. The van der Waals surface area contributed by atoms with Gasteiger partial charge in [0, 0.05) is 31.5 Å². The van der Waals surface area contributed by atoms with E-state index in [-0.39, 0.29) is 5.60 Å². The van der Waals surface area contributed by atoms with E-state index in [9.17, 15) is 0 Å². The SMILES string of the molecule is C1CC(N2CC3CNCC3C2)CC2(CCSC2)O1. The van der Waals surface area contributed by atoms with Gasteiger partial charge in [-0.2, -0.15) is 11.8 Å². The maximum Gasteiger partial charge on any atom is 0.0795 e. The van der Waals surface area contributed by atoms with E-state index in [1.54, 1.807) is 0 Å². The van der Waals surface area contributed by atoms with Gasteiger partial charge < -0.3 is 10.1 Å². The number of hydrogen-bond acceptors (Lipinski definition) is 4. The Balaban J connectivity index is 1.42. The van der Waals surface area contributed by atoms with Crippen molar-refractivity contribution >= 4 is 11.8 Å². The molecule has 102 valence electrons. The zero-order chi connectivity index (χ0) is 12.0. The molecule has 4 atom stereocenters. The minimum atomic E-state index is 0.254. The summed E-state index contributed by atoms with van der Waals surface area (Å²) in [5.41, 5.74) is 0.254. The largest absolute Gasteiger partial charge is 0.374 e. The van der Waals surface area contributed by atoms with Crippen LogP contribution in [0.5, 0.6) is 0 Å². The number of ether oxygens (including phenoxy) is 1. The van der Waals surface area contributed by atoms with E-state index < -0.39 is 0 Å². The molecule has 0 saturated carbocycles. The highest BCUT2D eigenvalue weighted by atomic mass is 32.2. The Bertz CT molecular complexity index is 307. The molecule has 3 nitrogen and oxygen atoms in total. The van der Waals surface area contributed by atoms with Crippen LogP contribution in [0.1, 0.15) is 19.3 Å². The van der Waals surface area contributed by atoms with Crippen molar-refractivity contribution in [3.05, 3.63) is 0 Å². The molecule has 0 amide bonds. The first-order chi connectivity index (χ1) is 8.85. The van der Waals surface area contributed by atoms with E-state index in [0.717, 1.165) is 24.5 Å². The maximum absolute atomic E-state index is 6.15. The average molecular weight is 268 g/mol. The summed E-state index contributed by atoms with van der Waals surface area (Å²) < 4.78 is 6.15. The number of nitrogens with zero attached hydrogens (tertiary/aromatic N) is 1. The van der Waals surface area contributed by atoms with Crippen molar-refractivity contribution in [2.24, 2.45) is 11.8 Å². The summed E-state index contributed by atoms with van der Waals surface area (Å²) in [5, 5.41) is 3.54. The van der Waals surface area contributed by atoms with E-state index in [1.807, 2.05) is 0 Å². The molecule has 4 aliphatic rings. The van der Waals surface area contributed by atoms with Crippen LogP contribution in [0.4, 0.5) is 0 Å². The summed E-state index contributed by atoms with van der Waals surface area (Å²) >= 11 is 2.09. The van der Waals surface area contributed by atoms with E-state index in [0.29, 0.717) is 0 Å². The van der Waals surface area contributed by atoms with Crippen LogP contribution in [-0.4, -0.2) is 60.8 Å². The molecule has 4 saturated heterocycles. The fourth-order valence-electron chi connectivity index (χ4n) is 4.37. The summed E-state index contributed by atoms with van der Waals surface area (Å²) in [6.07, 6.45) is 3.85. The molecule has 4 fully saturated rings. The summed E-state index contributed by atoms with van der Waals surface area (Å²) in [6, 6.07) is 0.808. The molecule has 1 N–H and O–H groups in total. The van der Waals surface area contributed by atoms with Crippen LogP contribution in [0.15, 0.2) is 0 Å². The average Bonchev–Trinajstić information content (AvgIpc) is 3.04. The summed E-state index contributed by atoms with van der Waals surface area (Å²) in [7, 11) is 0. The third-order valence-electron chi connectivity index (χ3n) is 5.47. The molecule has 1 spiro atoms. The van der Waals surface area contributed by atoms with Crippen LogP contribution in [0.25, 0.3) is 0 Å². The van der Waals surface area contributed by atoms with E-state index in [1.165, 1.54) is 56.9 Å². The lowest BCUT2D eigenvalue weighted by atomic mass is 9.89. The quantitative estimate of drug-likeness (QED) is 0.772. The second-order valence-electron chi connectivity index (χ2n) is 6.61. The second kappa shape index (κ2) is 4.65. The minimum Gasteiger partial charge on any atom is -0.374 e. The van der Waals surface area contributed by atoms with Crippen LogP contribution < -0.4 is 5.32 Å². The smallest absolute Gasteiger partial charge is 0.0795 e. The summed E-state index contributed by atoms with van der Waals surface area (Å²) in [4.78, 5) is 2.80. The number of likely N-dealkylation sites (tertiary alicyclic amines) is 1. The highest BCUT2D eigenvalue weighted by Crippen LogP contribution is 2.41. The fourth-order valence-corrected chi connectivity index (χ4v) is 5.74. The van der Waals surface area contributed by atoms with Gasteiger partial charge in [-0.25, -0.2) is 0 Å². The van der Waals surface area contributed by atoms with Gasteiger partial charge >= 0.3 is 0 Å². The van der Waals surface area contributed by atoms with Crippen LogP contribution in [0, 0.1) is 11.8 Å². The van der Waals surface area contributed by atoms with Gasteiger partial charge in [-0.1, -0.05) is 0 Å². The van der Waals surface area contributed by atoms with Crippen molar-refractivity contribution in [3.8, 4) is 0 Å². The lowest BCUT2D eigenvalue weighted by Gasteiger charge is -2.41. The highest BCUT2D eigenvalue weighted by Gasteiger charge is 2.45. The zero-order valence-corrected chi connectivity index (χ0v) is 11.9. The van der Waals surface area contributed by atoms with Gasteiger partial charge in [-0.05, 0) is 49.9 Å². The second-order valence-corrected chi connectivity index (χ2v) is 7.72. The third kappa shape index (κ3) is 2.01. The van der Waals surface area contributed by atoms with Crippen molar-refractivity contribution in [3.63, 3.8) is 0 Å². The van der Waals surface area contributed by atoms with Gasteiger partial charge in [-0.3, -0.25) is 4.90 Å². The lowest BCUT2D eigenvalue weighted by molar-refractivity contribution is -0.0875. The van der Waals surface area contributed by atoms with Crippen molar-refractivity contribution < 1.29 is 4.74 Å². The molecule has 0 aromatic carbocycles. The molecular formula is C14H24N2OS. The molecule has 0 aliphatic carbocycles. The maximum atomic E-state index is 6.15. The Morgan fingerprint density at radius 3 is 2.78 bits per heavy atom. The fraction of sp³-hybridized carbons (Fsp3) is 1.00. The minimum absolute atomic E-state index is 0.254. The Hall–Kier alpha value is 0.230. The highest BCUT2D eigenvalue weighted by molar-refractivity contribution is 7.99. The predicted octanol–water partition coefficient (Wildman–Crippen LogP) is 1.19. The molecule has 4 rings (SSSR count). The first-order valence-corrected chi connectivity index (χ1v) is 8.67. The topological polar surface area (TPSA) is 24.5 Å². The van der Waals surface area contributed by atoms with Crippen LogP contribution >= 0.6 is 11.8 Å². The molecule has 0 radical (unpaired) electrons. The Labute approximate surface area is 114 Å². The molecule has 18 heavy (non-hydrogen) atoms. The first kappa shape index (κ1) is 12.0. The van der Waals surface area contributed by atoms with Gasteiger partial charge in [0.2, 0.25) is 0 Å². The van der Waals surface area contributed by atoms with Gasteiger partial charge in [0.15, 0.2) is 0 Å². The Morgan fingerprint density at radius 2 is 2.06 bits per heavy atom. The van der Waals surface area contributed by atoms with Crippen molar-refractivity contribution in [1.82, 2.24) is 10.2 Å². The summed E-state index contributed by atoms with van der Waals surface area (Å²) in [5.74, 6) is 4.41. The number of nitrogens with one attached hydrogen (secondary N) is 1. The van der Waals surface area contributed by atoms with Gasteiger partial charge in [0.25, 0.3) is 0 Å². The van der Waals surface area contributed by atoms with Crippen molar-refractivity contribution in [1.29, 1.82) is 0 Å². The zero-order valence-electron chi connectivity index (χ0n) is 11.1.